The van der Waals surface area contributed by atoms with E-state index in [4.69, 9.17) is 16.7 Å². The normalized spacial score (nSPS) is 10.1. The second-order valence-corrected chi connectivity index (χ2v) is 4.90. The maximum Gasteiger partial charge on any atom is 0.119 e. The van der Waals surface area contributed by atoms with Crippen LogP contribution in [0.15, 0.2) is 63.9 Å². The summed E-state index contributed by atoms with van der Waals surface area (Å²) in [5, 5.41) is 11.8. The Morgan fingerprint density at radius 1 is 1.04 bits per heavy atom. The lowest BCUT2D eigenvalue weighted by atomic mass is 10.2. The highest BCUT2D eigenvalue weighted by atomic mass is 16.5. The van der Waals surface area contributed by atoms with Crippen LogP contribution in [0.25, 0.3) is 10.4 Å². The van der Waals surface area contributed by atoms with E-state index < -0.39 is 0 Å². The van der Waals surface area contributed by atoms with Gasteiger partial charge in [0.05, 0.1) is 18.0 Å². The third kappa shape index (κ3) is 5.84. The third-order valence-corrected chi connectivity index (χ3v) is 3.11. The van der Waals surface area contributed by atoms with E-state index in [2.05, 4.69) is 26.2 Å². The largest absolute Gasteiger partial charge is 0.494 e. The molecule has 2 aromatic carbocycles. The fourth-order valence-electron chi connectivity index (χ4n) is 1.90. The van der Waals surface area contributed by atoms with Gasteiger partial charge in [-0.05, 0) is 60.8 Å². The molecule has 6 heteroatoms. The predicted octanol–water partition coefficient (Wildman–Crippen LogP) is 5.55. The van der Waals surface area contributed by atoms with Gasteiger partial charge in [0.15, 0.2) is 0 Å². The Balaban J connectivity index is 1.84. The van der Waals surface area contributed by atoms with Crippen molar-refractivity contribution in [2.45, 2.75) is 12.8 Å². The first kappa shape index (κ1) is 17.1. The van der Waals surface area contributed by atoms with Crippen LogP contribution in [0.3, 0.4) is 0 Å². The molecule has 0 aliphatic carbocycles. The fourth-order valence-corrected chi connectivity index (χ4v) is 1.90. The first-order valence-corrected chi connectivity index (χ1v) is 7.54. The summed E-state index contributed by atoms with van der Waals surface area (Å²) in [4.78, 5) is 2.71. The van der Waals surface area contributed by atoms with Crippen LogP contribution in [-0.4, -0.2) is 13.2 Å². The van der Waals surface area contributed by atoms with E-state index in [0.29, 0.717) is 18.8 Å². The van der Waals surface area contributed by atoms with Gasteiger partial charge in [-0.25, -0.2) is 0 Å². The molecule has 0 unspecified atom stereocenters. The van der Waals surface area contributed by atoms with E-state index in [9.17, 15) is 0 Å². The quantitative estimate of drug-likeness (QED) is 0.206. The summed E-state index contributed by atoms with van der Waals surface area (Å²) in [5.74, 6) is 3.34. The van der Waals surface area contributed by atoms with Crippen molar-refractivity contribution in [2.75, 3.05) is 13.2 Å². The van der Waals surface area contributed by atoms with Gasteiger partial charge in [0.25, 0.3) is 0 Å². The summed E-state index contributed by atoms with van der Waals surface area (Å²) in [5.41, 5.74) is 10.4. The highest BCUT2D eigenvalue weighted by Gasteiger charge is 1.96. The number of rotatable bonds is 8. The summed E-state index contributed by atoms with van der Waals surface area (Å²) >= 11 is 0. The maximum absolute atomic E-state index is 8.17. The number of nitrogens with zero attached hydrogens (tertiary/aromatic N) is 5. The number of hydrogen-bond donors (Lipinski definition) is 0. The van der Waals surface area contributed by atoms with Gasteiger partial charge >= 0.3 is 0 Å². The summed E-state index contributed by atoms with van der Waals surface area (Å²) < 4.78 is 5.61. The Kier molecular flexibility index (Phi) is 6.88. The van der Waals surface area contributed by atoms with Gasteiger partial charge in [-0.1, -0.05) is 17.1 Å². The van der Waals surface area contributed by atoms with Crippen molar-refractivity contribution in [1.29, 1.82) is 0 Å². The molecule has 0 bridgehead atoms. The molecule has 2 aromatic rings. The molecule has 0 atom stereocenters. The number of azide groups is 1. The Morgan fingerprint density at radius 2 is 1.83 bits per heavy atom. The van der Waals surface area contributed by atoms with E-state index in [1.807, 2.05) is 42.5 Å². The number of ether oxygens (including phenoxy) is 1. The Bertz CT molecular complexity index is 771. The van der Waals surface area contributed by atoms with Gasteiger partial charge < -0.3 is 4.74 Å². The Hall–Kier alpha value is -3.29. The number of unbranched alkanes of at least 4 members (excludes halogenated alkanes) is 1. The molecule has 0 saturated carbocycles. The van der Waals surface area contributed by atoms with Gasteiger partial charge in [0, 0.05) is 17.0 Å². The molecular weight excluding hydrogens is 302 g/mol. The van der Waals surface area contributed by atoms with E-state index in [0.717, 1.165) is 29.8 Å². The second-order valence-electron chi connectivity index (χ2n) is 4.90. The number of azo groups is 1. The molecule has 6 nitrogen and oxygen atoms in total. The molecule has 0 amide bonds. The van der Waals surface area contributed by atoms with E-state index >= 15 is 0 Å². The standard InChI is InChI=1S/C18H17N5O/c1-2-15-6-5-7-17(14-15)22-21-16-8-10-18(11-9-16)24-13-4-3-12-20-23-19/h1,5-11,14H,3-4,12-13H2. The first-order valence-electron chi connectivity index (χ1n) is 7.54. The van der Waals surface area contributed by atoms with Crippen LogP contribution in [0.5, 0.6) is 5.75 Å². The topological polar surface area (TPSA) is 82.7 Å². The summed E-state index contributed by atoms with van der Waals surface area (Å²) in [6.45, 7) is 1.08. The smallest absolute Gasteiger partial charge is 0.119 e. The molecule has 0 aliphatic rings. The van der Waals surface area contributed by atoms with Crippen molar-refractivity contribution in [1.82, 2.24) is 0 Å². The lowest BCUT2D eigenvalue weighted by Crippen LogP contribution is -1.97. The predicted molar refractivity (Wildman–Crippen MR) is 93.7 cm³/mol. The van der Waals surface area contributed by atoms with Gasteiger partial charge in [-0.15, -0.1) is 6.42 Å². The lowest BCUT2D eigenvalue weighted by molar-refractivity contribution is 0.308. The average molecular weight is 319 g/mol. The minimum atomic E-state index is 0.500. The first-order chi connectivity index (χ1) is 11.8. The zero-order chi connectivity index (χ0) is 17.0. The zero-order valence-electron chi connectivity index (χ0n) is 13.2. The van der Waals surface area contributed by atoms with Crippen LogP contribution < -0.4 is 4.74 Å². The Morgan fingerprint density at radius 3 is 2.58 bits per heavy atom. The highest BCUT2D eigenvalue weighted by molar-refractivity contribution is 5.47. The summed E-state index contributed by atoms with van der Waals surface area (Å²) in [6, 6.07) is 14.7. The number of terminal acetylenes is 1. The SMILES string of the molecule is C#Cc1cccc(N=Nc2ccc(OCCCCN=[N+]=[N-])cc2)c1. The van der Waals surface area contributed by atoms with E-state index in [1.165, 1.54) is 0 Å². The van der Waals surface area contributed by atoms with Crippen molar-refractivity contribution in [3.05, 3.63) is 64.5 Å². The second kappa shape index (κ2) is 9.67. The lowest BCUT2D eigenvalue weighted by Gasteiger charge is -2.05. The highest BCUT2D eigenvalue weighted by Crippen LogP contribution is 2.21. The maximum atomic E-state index is 8.17. The van der Waals surface area contributed by atoms with Crippen LogP contribution in [0.2, 0.25) is 0 Å². The van der Waals surface area contributed by atoms with Crippen LogP contribution in [0.4, 0.5) is 11.4 Å². The minimum Gasteiger partial charge on any atom is -0.494 e. The third-order valence-electron chi connectivity index (χ3n) is 3.11. The van der Waals surface area contributed by atoms with Gasteiger partial charge in [-0.3, -0.25) is 0 Å². The number of hydrogen-bond acceptors (Lipinski definition) is 4. The molecule has 24 heavy (non-hydrogen) atoms. The van der Waals surface area contributed by atoms with E-state index in [1.54, 1.807) is 6.07 Å². The van der Waals surface area contributed by atoms with Crippen molar-refractivity contribution in [3.63, 3.8) is 0 Å². The Labute approximate surface area is 140 Å². The van der Waals surface area contributed by atoms with Gasteiger partial charge in [0.1, 0.15) is 5.75 Å². The molecule has 0 fully saturated rings. The van der Waals surface area contributed by atoms with Crippen molar-refractivity contribution < 1.29 is 4.74 Å². The summed E-state index contributed by atoms with van der Waals surface area (Å²) in [6.07, 6.45) is 7.01. The molecule has 0 aromatic heterocycles. The fraction of sp³-hybridized carbons (Fsp3) is 0.222. The van der Waals surface area contributed by atoms with Crippen molar-refractivity contribution in [2.24, 2.45) is 15.3 Å². The van der Waals surface area contributed by atoms with Gasteiger partial charge in [0.2, 0.25) is 0 Å². The molecule has 0 heterocycles. The van der Waals surface area contributed by atoms with Crippen LogP contribution in [-0.2, 0) is 0 Å². The molecule has 2 rings (SSSR count). The van der Waals surface area contributed by atoms with Crippen molar-refractivity contribution >= 4 is 11.4 Å². The molecule has 0 N–H and O–H groups in total. The molecular formula is C18H17N5O. The molecule has 0 spiro atoms. The number of benzene rings is 2. The van der Waals surface area contributed by atoms with Crippen molar-refractivity contribution in [3.8, 4) is 18.1 Å². The van der Waals surface area contributed by atoms with Crippen LogP contribution in [0, 0.1) is 12.3 Å². The average Bonchev–Trinajstić information content (AvgIpc) is 2.64. The van der Waals surface area contributed by atoms with E-state index in [-0.39, 0.29) is 0 Å². The molecule has 0 radical (unpaired) electrons. The van der Waals surface area contributed by atoms with Gasteiger partial charge in [-0.2, -0.15) is 10.2 Å². The molecule has 120 valence electrons. The summed E-state index contributed by atoms with van der Waals surface area (Å²) in [7, 11) is 0. The minimum absolute atomic E-state index is 0.500. The zero-order valence-corrected chi connectivity index (χ0v) is 13.2. The van der Waals surface area contributed by atoms with Crippen LogP contribution in [0.1, 0.15) is 18.4 Å². The molecule has 0 saturated heterocycles. The van der Waals surface area contributed by atoms with Crippen LogP contribution >= 0.6 is 0 Å². The monoisotopic (exact) mass is 319 g/mol. The molecule has 0 aliphatic heterocycles.